The van der Waals surface area contributed by atoms with Gasteiger partial charge in [-0.15, -0.1) is 0 Å². The number of carbonyl (C=O) groups is 1. The SMILES string of the molecule is CCCCCCCCCCCC/C=C/C(O)C(CO)NC(=O)CC(O)CCCCCCCCCCCCCCCCCCC. The van der Waals surface area contributed by atoms with E-state index in [1.165, 1.54) is 154 Å². The van der Waals surface area contributed by atoms with Gasteiger partial charge in [-0.05, 0) is 19.3 Å². The van der Waals surface area contributed by atoms with Gasteiger partial charge in [-0.25, -0.2) is 0 Å². The Labute approximate surface area is 274 Å². The molecule has 0 aliphatic carbocycles. The molecule has 4 N–H and O–H groups in total. The standard InChI is InChI=1S/C39H77NO4/c1-3-5-7-9-11-13-15-17-18-19-20-21-22-24-26-28-30-32-36(42)34-39(44)40-37(35-41)38(43)33-31-29-27-25-23-16-14-12-10-8-6-4-2/h31,33,36-38,41-43H,3-30,32,34-35H2,1-2H3,(H,40,44)/b33-31+. The molecule has 3 atom stereocenters. The van der Waals surface area contributed by atoms with Gasteiger partial charge in [0.05, 0.1) is 31.3 Å². The lowest BCUT2D eigenvalue weighted by molar-refractivity contribution is -0.124. The minimum Gasteiger partial charge on any atom is -0.394 e. The minimum atomic E-state index is -0.922. The van der Waals surface area contributed by atoms with E-state index >= 15 is 0 Å². The van der Waals surface area contributed by atoms with E-state index in [-0.39, 0.29) is 18.9 Å². The molecule has 5 nitrogen and oxygen atoms in total. The van der Waals surface area contributed by atoms with Gasteiger partial charge in [0.15, 0.2) is 0 Å². The summed E-state index contributed by atoms with van der Waals surface area (Å²) in [4.78, 5) is 12.4. The van der Waals surface area contributed by atoms with Gasteiger partial charge in [0.1, 0.15) is 0 Å². The molecule has 0 aromatic rings. The molecule has 5 heteroatoms. The van der Waals surface area contributed by atoms with Crippen LogP contribution < -0.4 is 5.32 Å². The molecule has 0 spiro atoms. The molecule has 3 unspecified atom stereocenters. The number of carbonyl (C=O) groups excluding carboxylic acids is 1. The quantitative estimate of drug-likeness (QED) is 0.0418. The third-order valence-corrected chi connectivity index (χ3v) is 9.07. The Kier molecular flexibility index (Phi) is 34.2. The highest BCUT2D eigenvalue weighted by Gasteiger charge is 2.20. The van der Waals surface area contributed by atoms with Crippen molar-refractivity contribution in [2.75, 3.05) is 6.61 Å². The summed E-state index contributed by atoms with van der Waals surface area (Å²) in [6.07, 6.45) is 39.1. The first-order valence-corrected chi connectivity index (χ1v) is 19.5. The Bertz CT molecular complexity index is 611. The first kappa shape index (κ1) is 43.1. The van der Waals surface area contributed by atoms with Crippen molar-refractivity contribution >= 4 is 5.91 Å². The molecule has 0 fully saturated rings. The van der Waals surface area contributed by atoms with Crippen LogP contribution in [0.15, 0.2) is 12.2 Å². The van der Waals surface area contributed by atoms with Crippen molar-refractivity contribution in [3.05, 3.63) is 12.2 Å². The summed E-state index contributed by atoms with van der Waals surface area (Å²) in [5, 5.41) is 33.1. The molecule has 0 rings (SSSR count). The Morgan fingerprint density at radius 3 is 1.32 bits per heavy atom. The number of rotatable bonds is 35. The molecule has 0 aliphatic heterocycles. The lowest BCUT2D eigenvalue weighted by Crippen LogP contribution is -2.45. The maximum absolute atomic E-state index is 12.4. The predicted molar refractivity (Wildman–Crippen MR) is 190 cm³/mol. The molecule has 0 heterocycles. The van der Waals surface area contributed by atoms with E-state index in [0.717, 1.165) is 25.7 Å². The Balaban J connectivity index is 3.67. The lowest BCUT2D eigenvalue weighted by Gasteiger charge is -2.21. The summed E-state index contributed by atoms with van der Waals surface area (Å²) in [5.41, 5.74) is 0. The number of allylic oxidation sites excluding steroid dienone is 1. The van der Waals surface area contributed by atoms with Crippen molar-refractivity contribution in [3.8, 4) is 0 Å². The van der Waals surface area contributed by atoms with E-state index in [1.807, 2.05) is 6.08 Å². The van der Waals surface area contributed by atoms with Crippen LogP contribution in [-0.2, 0) is 4.79 Å². The van der Waals surface area contributed by atoms with Crippen LogP contribution >= 0.6 is 0 Å². The number of nitrogens with one attached hydrogen (secondary N) is 1. The van der Waals surface area contributed by atoms with E-state index in [4.69, 9.17) is 0 Å². The van der Waals surface area contributed by atoms with Gasteiger partial charge < -0.3 is 20.6 Å². The number of hydrogen-bond acceptors (Lipinski definition) is 4. The molecular formula is C39H77NO4. The van der Waals surface area contributed by atoms with E-state index in [0.29, 0.717) is 6.42 Å². The highest BCUT2D eigenvalue weighted by molar-refractivity contribution is 5.76. The van der Waals surface area contributed by atoms with Crippen molar-refractivity contribution in [1.82, 2.24) is 5.32 Å². The van der Waals surface area contributed by atoms with Crippen LogP contribution in [0.4, 0.5) is 0 Å². The summed E-state index contributed by atoms with van der Waals surface area (Å²) in [5.74, 6) is -0.314. The third-order valence-electron chi connectivity index (χ3n) is 9.07. The van der Waals surface area contributed by atoms with Gasteiger partial charge in [0, 0.05) is 0 Å². The van der Waals surface area contributed by atoms with Gasteiger partial charge in [-0.1, -0.05) is 193 Å². The fraction of sp³-hybridized carbons (Fsp3) is 0.923. The topological polar surface area (TPSA) is 89.8 Å². The van der Waals surface area contributed by atoms with Crippen LogP contribution in [-0.4, -0.2) is 46.1 Å². The summed E-state index contributed by atoms with van der Waals surface area (Å²) >= 11 is 0. The molecule has 0 aliphatic rings. The monoisotopic (exact) mass is 624 g/mol. The fourth-order valence-corrected chi connectivity index (χ4v) is 6.05. The average molecular weight is 624 g/mol. The highest BCUT2D eigenvalue weighted by Crippen LogP contribution is 2.15. The van der Waals surface area contributed by atoms with Gasteiger partial charge in [-0.3, -0.25) is 4.79 Å². The van der Waals surface area contributed by atoms with Crippen LogP contribution in [0.2, 0.25) is 0 Å². The van der Waals surface area contributed by atoms with E-state index in [9.17, 15) is 20.1 Å². The van der Waals surface area contributed by atoms with Crippen molar-refractivity contribution < 1.29 is 20.1 Å². The molecule has 0 bridgehead atoms. The molecule has 0 aromatic carbocycles. The largest absolute Gasteiger partial charge is 0.394 e. The van der Waals surface area contributed by atoms with Crippen molar-refractivity contribution in [2.24, 2.45) is 0 Å². The first-order chi connectivity index (χ1) is 21.5. The maximum atomic E-state index is 12.4. The minimum absolute atomic E-state index is 0.0182. The van der Waals surface area contributed by atoms with E-state index in [1.54, 1.807) is 6.08 Å². The Morgan fingerprint density at radius 1 is 0.568 bits per heavy atom. The Hall–Kier alpha value is -0.910. The highest BCUT2D eigenvalue weighted by atomic mass is 16.3. The van der Waals surface area contributed by atoms with Crippen LogP contribution in [0.3, 0.4) is 0 Å². The molecular weight excluding hydrogens is 546 g/mol. The number of hydrogen-bond donors (Lipinski definition) is 4. The second-order valence-corrected chi connectivity index (χ2v) is 13.5. The number of aliphatic hydroxyl groups excluding tert-OH is 3. The van der Waals surface area contributed by atoms with E-state index < -0.39 is 18.2 Å². The molecule has 44 heavy (non-hydrogen) atoms. The third kappa shape index (κ3) is 31.1. The molecule has 0 radical (unpaired) electrons. The van der Waals surface area contributed by atoms with Crippen LogP contribution in [0.5, 0.6) is 0 Å². The fourth-order valence-electron chi connectivity index (χ4n) is 6.05. The summed E-state index contributed by atoms with van der Waals surface area (Å²) in [7, 11) is 0. The zero-order valence-electron chi connectivity index (χ0n) is 29.6. The number of aliphatic hydroxyl groups is 3. The number of unbranched alkanes of at least 4 members (excludes halogenated alkanes) is 26. The molecule has 1 amide bonds. The van der Waals surface area contributed by atoms with Crippen LogP contribution in [0.1, 0.15) is 206 Å². The summed E-state index contributed by atoms with van der Waals surface area (Å²) in [6, 6.07) is -0.737. The van der Waals surface area contributed by atoms with Crippen LogP contribution in [0.25, 0.3) is 0 Å². The van der Waals surface area contributed by atoms with Gasteiger partial charge in [0.2, 0.25) is 5.91 Å². The lowest BCUT2D eigenvalue weighted by atomic mass is 10.0. The van der Waals surface area contributed by atoms with Crippen molar-refractivity contribution in [1.29, 1.82) is 0 Å². The maximum Gasteiger partial charge on any atom is 0.222 e. The summed E-state index contributed by atoms with van der Waals surface area (Å²) < 4.78 is 0. The van der Waals surface area contributed by atoms with Gasteiger partial charge in [0.25, 0.3) is 0 Å². The van der Waals surface area contributed by atoms with Gasteiger partial charge in [-0.2, -0.15) is 0 Å². The zero-order valence-corrected chi connectivity index (χ0v) is 29.6. The van der Waals surface area contributed by atoms with E-state index in [2.05, 4.69) is 19.2 Å². The average Bonchev–Trinajstić information content (AvgIpc) is 3.01. The predicted octanol–water partition coefficient (Wildman–Crippen LogP) is 10.5. The normalized spacial score (nSPS) is 13.8. The Morgan fingerprint density at radius 2 is 0.932 bits per heavy atom. The summed E-state index contributed by atoms with van der Waals surface area (Å²) in [6.45, 7) is 4.20. The van der Waals surface area contributed by atoms with Gasteiger partial charge >= 0.3 is 0 Å². The molecule has 0 aromatic heterocycles. The number of amides is 1. The second-order valence-electron chi connectivity index (χ2n) is 13.5. The molecule has 0 saturated carbocycles. The second kappa shape index (κ2) is 35.0. The van der Waals surface area contributed by atoms with Crippen molar-refractivity contribution in [2.45, 2.75) is 225 Å². The van der Waals surface area contributed by atoms with Crippen molar-refractivity contribution in [3.63, 3.8) is 0 Å². The van der Waals surface area contributed by atoms with Crippen LogP contribution in [0, 0.1) is 0 Å². The molecule has 0 saturated heterocycles. The first-order valence-electron chi connectivity index (χ1n) is 19.5. The zero-order chi connectivity index (χ0) is 32.4. The molecule has 262 valence electrons. The smallest absolute Gasteiger partial charge is 0.222 e.